The molecule has 1 unspecified atom stereocenters. The fourth-order valence-electron chi connectivity index (χ4n) is 4.08. The van der Waals surface area contributed by atoms with Gasteiger partial charge in [-0.05, 0) is 66.5 Å². The number of amides is 1. The molecule has 1 atom stereocenters. The normalized spacial score (nSPS) is 15.5. The number of fused-ring (bicyclic) bond motifs is 2. The first-order valence-electron chi connectivity index (χ1n) is 10.8. The lowest BCUT2D eigenvalue weighted by molar-refractivity contribution is -0.117. The summed E-state index contributed by atoms with van der Waals surface area (Å²) in [6.45, 7) is 2.61. The molecule has 6 heteroatoms. The summed E-state index contributed by atoms with van der Waals surface area (Å²) in [5.41, 5.74) is 4.99. The quantitative estimate of drug-likeness (QED) is 0.524. The van der Waals surface area contributed by atoms with Crippen molar-refractivity contribution >= 4 is 5.91 Å². The lowest BCUT2D eigenvalue weighted by Crippen LogP contribution is -2.26. The molecule has 2 aromatic carbocycles. The van der Waals surface area contributed by atoms with Gasteiger partial charge in [-0.1, -0.05) is 31.2 Å². The van der Waals surface area contributed by atoms with Crippen LogP contribution in [0.5, 0.6) is 11.5 Å². The first-order chi connectivity index (χ1) is 15.2. The molecule has 0 saturated heterocycles. The number of hydrogen-bond donors (Lipinski definition) is 2. The van der Waals surface area contributed by atoms with Crippen LogP contribution in [0.15, 0.2) is 48.2 Å². The molecule has 2 aromatic rings. The molecule has 1 amide bonds. The van der Waals surface area contributed by atoms with Crippen LogP contribution >= 0.6 is 0 Å². The number of hydrogen-bond acceptors (Lipinski definition) is 5. The number of nitrogens with one attached hydrogen (secondary N) is 2. The zero-order valence-corrected chi connectivity index (χ0v) is 17.7. The van der Waals surface area contributed by atoms with E-state index < -0.39 is 5.91 Å². The minimum absolute atomic E-state index is 0.0529. The van der Waals surface area contributed by atoms with Crippen molar-refractivity contribution in [2.75, 3.05) is 6.79 Å². The largest absolute Gasteiger partial charge is 0.454 e. The maximum absolute atomic E-state index is 12.5. The average molecular weight is 418 g/mol. The highest BCUT2D eigenvalue weighted by atomic mass is 16.7. The maximum atomic E-state index is 12.5. The molecule has 0 fully saturated rings. The van der Waals surface area contributed by atoms with Gasteiger partial charge >= 0.3 is 0 Å². The average Bonchev–Trinajstić information content (AvgIpc) is 3.28. The second-order valence-corrected chi connectivity index (χ2v) is 7.90. The smallest absolute Gasteiger partial charge is 0.263 e. The molecule has 1 aliphatic heterocycles. The van der Waals surface area contributed by atoms with Crippen LogP contribution in [0.25, 0.3) is 0 Å². The fourth-order valence-corrected chi connectivity index (χ4v) is 4.08. The molecule has 4 rings (SSSR count). The van der Waals surface area contributed by atoms with Crippen LogP contribution in [0.4, 0.5) is 0 Å². The van der Waals surface area contributed by atoms with E-state index in [0.717, 1.165) is 24.8 Å². The van der Waals surface area contributed by atoms with Crippen molar-refractivity contribution in [2.45, 2.75) is 51.6 Å². The van der Waals surface area contributed by atoms with Gasteiger partial charge in [0.25, 0.3) is 5.91 Å². The van der Waals surface area contributed by atoms with Gasteiger partial charge in [-0.15, -0.1) is 0 Å². The second kappa shape index (κ2) is 9.57. The van der Waals surface area contributed by atoms with Crippen molar-refractivity contribution < 1.29 is 14.3 Å². The van der Waals surface area contributed by atoms with Crippen LogP contribution in [0.2, 0.25) is 0 Å². The lowest BCUT2D eigenvalue weighted by atomic mass is 9.89. The summed E-state index contributed by atoms with van der Waals surface area (Å²) in [5.74, 6) is 0.956. The van der Waals surface area contributed by atoms with Crippen molar-refractivity contribution in [2.24, 2.45) is 0 Å². The molecule has 160 valence electrons. The molecule has 0 saturated carbocycles. The van der Waals surface area contributed by atoms with E-state index in [-0.39, 0.29) is 18.4 Å². The molecule has 0 bridgehead atoms. The Morgan fingerprint density at radius 2 is 1.94 bits per heavy atom. The van der Waals surface area contributed by atoms with Crippen LogP contribution < -0.4 is 20.1 Å². The number of carbonyl (C=O) groups excluding carboxylic acids is 1. The summed E-state index contributed by atoms with van der Waals surface area (Å²) in [5, 5.41) is 15.6. The van der Waals surface area contributed by atoms with Crippen LogP contribution in [-0.2, 0) is 24.2 Å². The van der Waals surface area contributed by atoms with Crippen LogP contribution in [0.3, 0.4) is 0 Å². The van der Waals surface area contributed by atoms with Crippen molar-refractivity contribution in [1.29, 1.82) is 5.26 Å². The van der Waals surface area contributed by atoms with Crippen molar-refractivity contribution in [3.8, 4) is 17.6 Å². The number of carbonyl (C=O) groups is 1. The second-order valence-electron chi connectivity index (χ2n) is 7.90. The number of nitriles is 1. The van der Waals surface area contributed by atoms with E-state index in [1.165, 1.54) is 35.7 Å². The van der Waals surface area contributed by atoms with Gasteiger partial charge in [0, 0.05) is 12.7 Å². The third kappa shape index (κ3) is 4.83. The van der Waals surface area contributed by atoms with E-state index in [1.54, 1.807) is 0 Å². The third-order valence-electron chi connectivity index (χ3n) is 5.87. The molecule has 2 N–H and O–H groups in total. The number of nitrogens with zero attached hydrogens (tertiary/aromatic N) is 1. The molecule has 6 nitrogen and oxygen atoms in total. The molecule has 1 heterocycles. The van der Waals surface area contributed by atoms with Crippen molar-refractivity contribution in [3.63, 3.8) is 0 Å². The lowest BCUT2D eigenvalue weighted by Gasteiger charge is -2.21. The van der Waals surface area contributed by atoms with Gasteiger partial charge < -0.3 is 20.1 Å². The molecular formula is C25H27N3O3. The zero-order chi connectivity index (χ0) is 21.6. The van der Waals surface area contributed by atoms with Gasteiger partial charge in [0.15, 0.2) is 11.5 Å². The minimum atomic E-state index is -0.409. The topological polar surface area (TPSA) is 83.4 Å². The predicted octanol–water partition coefficient (Wildman–Crippen LogP) is 4.06. The molecular weight excluding hydrogens is 390 g/mol. The van der Waals surface area contributed by atoms with Crippen molar-refractivity contribution in [3.05, 3.63) is 70.4 Å². The fraction of sp³-hybridized carbons (Fsp3) is 0.360. The van der Waals surface area contributed by atoms with Crippen molar-refractivity contribution in [1.82, 2.24) is 10.6 Å². The van der Waals surface area contributed by atoms with Gasteiger partial charge in [0.2, 0.25) is 6.79 Å². The van der Waals surface area contributed by atoms with Gasteiger partial charge in [0.1, 0.15) is 11.6 Å². The van der Waals surface area contributed by atoms with E-state index in [2.05, 4.69) is 35.8 Å². The van der Waals surface area contributed by atoms with Gasteiger partial charge in [-0.2, -0.15) is 5.26 Å². The molecule has 0 radical (unpaired) electrons. The standard InChI is InChI=1S/C25H27N3O3/c1-2-22(20-9-8-18-5-3-4-6-19(18)12-20)27-15-21(13-26)25(29)28-14-17-7-10-23-24(11-17)31-16-30-23/h7-12,15,22,27H,2-6,14,16H2,1H3,(H,28,29)/b21-15-. The molecule has 31 heavy (non-hydrogen) atoms. The summed E-state index contributed by atoms with van der Waals surface area (Å²) >= 11 is 0. The summed E-state index contributed by atoms with van der Waals surface area (Å²) < 4.78 is 10.7. The summed E-state index contributed by atoms with van der Waals surface area (Å²) in [4.78, 5) is 12.5. The Balaban J connectivity index is 1.38. The molecule has 2 aliphatic rings. The first kappa shape index (κ1) is 20.8. The van der Waals surface area contributed by atoms with E-state index >= 15 is 0 Å². The molecule has 1 aliphatic carbocycles. The van der Waals surface area contributed by atoms with Crippen LogP contribution in [-0.4, -0.2) is 12.7 Å². The first-order valence-corrected chi connectivity index (χ1v) is 10.8. The highest BCUT2D eigenvalue weighted by Gasteiger charge is 2.16. The van der Waals surface area contributed by atoms with E-state index in [1.807, 2.05) is 24.3 Å². The maximum Gasteiger partial charge on any atom is 0.263 e. The Hall–Kier alpha value is -3.46. The van der Waals surface area contributed by atoms with E-state index in [0.29, 0.717) is 18.0 Å². The Morgan fingerprint density at radius 1 is 1.13 bits per heavy atom. The van der Waals surface area contributed by atoms with Gasteiger partial charge in [-0.3, -0.25) is 4.79 Å². The Bertz CT molecular complexity index is 1040. The Morgan fingerprint density at radius 3 is 2.74 bits per heavy atom. The predicted molar refractivity (Wildman–Crippen MR) is 117 cm³/mol. The monoisotopic (exact) mass is 417 g/mol. The number of ether oxygens (including phenoxy) is 2. The number of benzene rings is 2. The number of aryl methyl sites for hydroxylation is 2. The van der Waals surface area contributed by atoms with Crippen LogP contribution in [0, 0.1) is 11.3 Å². The van der Waals surface area contributed by atoms with Gasteiger partial charge in [-0.25, -0.2) is 0 Å². The summed E-state index contributed by atoms with van der Waals surface area (Å²) in [6.07, 6.45) is 7.17. The summed E-state index contributed by atoms with van der Waals surface area (Å²) in [7, 11) is 0. The molecule has 0 aromatic heterocycles. The molecule has 0 spiro atoms. The zero-order valence-electron chi connectivity index (χ0n) is 17.7. The SMILES string of the molecule is CCC(N/C=C(/C#N)C(=O)NCc1ccc2c(c1)OCO2)c1ccc2c(c1)CCCC2. The third-order valence-corrected chi connectivity index (χ3v) is 5.87. The Kier molecular flexibility index (Phi) is 6.42. The van der Waals surface area contributed by atoms with Gasteiger partial charge in [0.05, 0.1) is 6.04 Å². The van der Waals surface area contributed by atoms with E-state index in [4.69, 9.17) is 9.47 Å². The van der Waals surface area contributed by atoms with Crippen LogP contribution in [0.1, 0.15) is 54.5 Å². The van der Waals surface area contributed by atoms with E-state index in [9.17, 15) is 10.1 Å². The highest BCUT2D eigenvalue weighted by Crippen LogP contribution is 2.32. The highest BCUT2D eigenvalue weighted by molar-refractivity contribution is 5.97. The Labute approximate surface area is 182 Å². The summed E-state index contributed by atoms with van der Waals surface area (Å²) in [6, 6.07) is 14.2. The number of rotatable bonds is 7. The minimum Gasteiger partial charge on any atom is -0.454 e.